The first-order valence-electron chi connectivity index (χ1n) is 4.44. The van der Waals surface area contributed by atoms with E-state index in [0.29, 0.717) is 13.2 Å². The molecule has 1 aliphatic rings. The van der Waals surface area contributed by atoms with Crippen molar-refractivity contribution in [2.75, 3.05) is 13.2 Å². The van der Waals surface area contributed by atoms with E-state index in [0.717, 1.165) is 12.8 Å². The Balaban J connectivity index is 2.45. The van der Waals surface area contributed by atoms with Gasteiger partial charge in [-0.3, -0.25) is 10.1 Å². The van der Waals surface area contributed by atoms with Crippen LogP contribution in [0.25, 0.3) is 0 Å². The summed E-state index contributed by atoms with van der Waals surface area (Å²) in [4.78, 5) is 10.8. The van der Waals surface area contributed by atoms with Gasteiger partial charge in [0.1, 0.15) is 6.04 Å². The molecule has 2 unspecified atom stereocenters. The van der Waals surface area contributed by atoms with Crippen molar-refractivity contribution in [3.05, 3.63) is 12.7 Å². The van der Waals surface area contributed by atoms with Gasteiger partial charge in [0.25, 0.3) is 0 Å². The van der Waals surface area contributed by atoms with Crippen molar-refractivity contribution in [2.45, 2.75) is 25.0 Å². The van der Waals surface area contributed by atoms with Gasteiger partial charge in [0.15, 0.2) is 0 Å². The third kappa shape index (κ3) is 2.82. The smallest absolute Gasteiger partial charge is 0.323 e. The molecule has 2 N–H and O–H groups in total. The zero-order valence-electron chi connectivity index (χ0n) is 7.53. The van der Waals surface area contributed by atoms with Crippen LogP contribution in [0.2, 0.25) is 0 Å². The molecule has 0 amide bonds. The van der Waals surface area contributed by atoms with E-state index >= 15 is 0 Å². The molecule has 1 aliphatic heterocycles. The van der Waals surface area contributed by atoms with Crippen molar-refractivity contribution in [2.24, 2.45) is 0 Å². The number of rotatable bonds is 5. The van der Waals surface area contributed by atoms with Gasteiger partial charge in [0.05, 0.1) is 6.10 Å². The summed E-state index contributed by atoms with van der Waals surface area (Å²) in [6, 6.07) is -0.597. The maximum Gasteiger partial charge on any atom is 0.323 e. The van der Waals surface area contributed by atoms with Crippen molar-refractivity contribution in [3.63, 3.8) is 0 Å². The van der Waals surface area contributed by atoms with E-state index in [-0.39, 0.29) is 6.10 Å². The molecule has 1 saturated heterocycles. The molecule has 0 saturated carbocycles. The highest BCUT2D eigenvalue weighted by atomic mass is 16.5. The lowest BCUT2D eigenvalue weighted by Crippen LogP contribution is -2.45. The molecule has 74 valence electrons. The summed E-state index contributed by atoms with van der Waals surface area (Å²) < 4.78 is 5.30. The van der Waals surface area contributed by atoms with Crippen molar-refractivity contribution in [1.82, 2.24) is 5.32 Å². The van der Waals surface area contributed by atoms with Crippen LogP contribution in [-0.2, 0) is 9.53 Å². The molecule has 1 fully saturated rings. The van der Waals surface area contributed by atoms with Crippen LogP contribution in [0.15, 0.2) is 12.7 Å². The average Bonchev–Trinajstić information content (AvgIpc) is 2.57. The highest BCUT2D eigenvalue weighted by Gasteiger charge is 2.30. The quantitative estimate of drug-likeness (QED) is 0.608. The summed E-state index contributed by atoms with van der Waals surface area (Å²) in [6.45, 7) is 4.69. The number of ether oxygens (including phenoxy) is 1. The minimum absolute atomic E-state index is 0.183. The van der Waals surface area contributed by atoms with Gasteiger partial charge in [0, 0.05) is 13.2 Å². The normalized spacial score (nSPS) is 24.2. The van der Waals surface area contributed by atoms with Gasteiger partial charge in [-0.25, -0.2) is 0 Å². The molecule has 4 nitrogen and oxygen atoms in total. The summed E-state index contributed by atoms with van der Waals surface area (Å²) in [5.74, 6) is -0.853. The van der Waals surface area contributed by atoms with Crippen LogP contribution in [-0.4, -0.2) is 36.4 Å². The van der Waals surface area contributed by atoms with Crippen molar-refractivity contribution in [3.8, 4) is 0 Å². The van der Waals surface area contributed by atoms with Crippen LogP contribution >= 0.6 is 0 Å². The lowest BCUT2D eigenvalue weighted by molar-refractivity contribution is -0.142. The third-order valence-electron chi connectivity index (χ3n) is 2.08. The Kier molecular flexibility index (Phi) is 3.92. The second kappa shape index (κ2) is 4.99. The third-order valence-corrected chi connectivity index (χ3v) is 2.08. The molecule has 0 aromatic heterocycles. The number of aliphatic carboxylic acids is 1. The molecule has 0 spiro atoms. The summed E-state index contributed by atoms with van der Waals surface area (Å²) in [7, 11) is 0. The highest BCUT2D eigenvalue weighted by molar-refractivity contribution is 5.74. The van der Waals surface area contributed by atoms with Crippen molar-refractivity contribution < 1.29 is 14.6 Å². The first kappa shape index (κ1) is 10.2. The second-order valence-electron chi connectivity index (χ2n) is 3.06. The van der Waals surface area contributed by atoms with Gasteiger partial charge in [0.2, 0.25) is 0 Å². The maximum absolute atomic E-state index is 10.8. The van der Waals surface area contributed by atoms with Crippen LogP contribution in [0.5, 0.6) is 0 Å². The zero-order chi connectivity index (χ0) is 9.68. The Labute approximate surface area is 77.6 Å². The molecular formula is C9H15NO3. The molecule has 1 rings (SSSR count). The number of carboxylic acid groups (broad SMARTS) is 1. The Hall–Kier alpha value is -0.870. The lowest BCUT2D eigenvalue weighted by atomic mass is 10.1. The van der Waals surface area contributed by atoms with Crippen molar-refractivity contribution >= 4 is 5.97 Å². The molecular weight excluding hydrogens is 170 g/mol. The number of carbonyl (C=O) groups is 1. The number of nitrogens with one attached hydrogen (secondary N) is 1. The molecule has 2 atom stereocenters. The van der Waals surface area contributed by atoms with Gasteiger partial charge in [-0.15, -0.1) is 6.58 Å². The van der Waals surface area contributed by atoms with E-state index in [1.54, 1.807) is 6.08 Å². The van der Waals surface area contributed by atoms with Crippen LogP contribution in [0.4, 0.5) is 0 Å². The minimum Gasteiger partial charge on any atom is -0.480 e. The van der Waals surface area contributed by atoms with E-state index < -0.39 is 12.0 Å². The molecule has 1 heterocycles. The Morgan fingerprint density at radius 1 is 1.85 bits per heavy atom. The lowest BCUT2D eigenvalue weighted by Gasteiger charge is -2.19. The van der Waals surface area contributed by atoms with Gasteiger partial charge in [-0.2, -0.15) is 0 Å². The summed E-state index contributed by atoms with van der Waals surface area (Å²) in [5, 5.41) is 11.8. The Bertz CT molecular complexity index is 187. The summed E-state index contributed by atoms with van der Waals surface area (Å²) in [5.41, 5.74) is 0. The fourth-order valence-corrected chi connectivity index (χ4v) is 1.45. The highest BCUT2D eigenvalue weighted by Crippen LogP contribution is 2.15. The number of hydrogen-bond donors (Lipinski definition) is 2. The van der Waals surface area contributed by atoms with E-state index in [9.17, 15) is 4.79 Å². The topological polar surface area (TPSA) is 58.6 Å². The van der Waals surface area contributed by atoms with Gasteiger partial charge in [-0.1, -0.05) is 6.08 Å². The van der Waals surface area contributed by atoms with Gasteiger partial charge >= 0.3 is 5.97 Å². The van der Waals surface area contributed by atoms with Crippen LogP contribution in [0, 0.1) is 0 Å². The molecule has 0 aromatic carbocycles. The molecule has 0 bridgehead atoms. The zero-order valence-corrected chi connectivity index (χ0v) is 7.53. The average molecular weight is 185 g/mol. The predicted octanol–water partition coefficient (Wildman–Crippen LogP) is 0.394. The van der Waals surface area contributed by atoms with Crippen LogP contribution in [0.3, 0.4) is 0 Å². The van der Waals surface area contributed by atoms with Gasteiger partial charge in [-0.05, 0) is 12.8 Å². The Morgan fingerprint density at radius 3 is 3.08 bits per heavy atom. The van der Waals surface area contributed by atoms with Crippen molar-refractivity contribution in [1.29, 1.82) is 0 Å². The van der Waals surface area contributed by atoms with E-state index in [4.69, 9.17) is 9.84 Å². The van der Waals surface area contributed by atoms with E-state index in [1.807, 2.05) is 0 Å². The number of carboxylic acids is 1. The van der Waals surface area contributed by atoms with Gasteiger partial charge < -0.3 is 9.84 Å². The molecule has 0 aromatic rings. The maximum atomic E-state index is 10.8. The second-order valence-corrected chi connectivity index (χ2v) is 3.06. The first-order chi connectivity index (χ1) is 6.25. The van der Waals surface area contributed by atoms with Crippen LogP contribution < -0.4 is 5.32 Å². The largest absolute Gasteiger partial charge is 0.480 e. The fourth-order valence-electron chi connectivity index (χ4n) is 1.45. The molecule has 0 radical (unpaired) electrons. The Morgan fingerprint density at radius 2 is 2.62 bits per heavy atom. The number of hydrogen-bond acceptors (Lipinski definition) is 3. The summed E-state index contributed by atoms with van der Waals surface area (Å²) in [6.07, 6.45) is 3.23. The van der Waals surface area contributed by atoms with E-state index in [2.05, 4.69) is 11.9 Å². The molecule has 0 aliphatic carbocycles. The first-order valence-corrected chi connectivity index (χ1v) is 4.44. The predicted molar refractivity (Wildman–Crippen MR) is 48.6 cm³/mol. The summed E-state index contributed by atoms with van der Waals surface area (Å²) >= 11 is 0. The SMILES string of the molecule is C=CCNC(C(=O)O)C1CCCO1. The fraction of sp³-hybridized carbons (Fsp3) is 0.667. The minimum atomic E-state index is -0.853. The standard InChI is InChI=1S/C9H15NO3/c1-2-5-10-8(9(11)12)7-4-3-6-13-7/h2,7-8,10H,1,3-6H2,(H,11,12). The van der Waals surface area contributed by atoms with E-state index in [1.165, 1.54) is 0 Å². The molecule has 13 heavy (non-hydrogen) atoms. The monoisotopic (exact) mass is 185 g/mol. The molecule has 4 heteroatoms. The van der Waals surface area contributed by atoms with Crippen LogP contribution in [0.1, 0.15) is 12.8 Å².